The highest BCUT2D eigenvalue weighted by molar-refractivity contribution is 5.45. The molecule has 1 atom stereocenters. The Morgan fingerprint density at radius 2 is 2.36 bits per heavy atom. The van der Waals surface area contributed by atoms with Gasteiger partial charge in [-0.15, -0.1) is 0 Å². The van der Waals surface area contributed by atoms with E-state index in [2.05, 4.69) is 31.4 Å². The third-order valence-corrected chi connectivity index (χ3v) is 3.89. The zero-order chi connectivity index (χ0) is 15.5. The molecule has 3 rings (SSSR count). The molecule has 4 N–H and O–H groups in total. The van der Waals surface area contributed by atoms with Crippen molar-refractivity contribution in [2.24, 2.45) is 11.7 Å². The summed E-state index contributed by atoms with van der Waals surface area (Å²) in [5.74, 6) is 1.18. The summed E-state index contributed by atoms with van der Waals surface area (Å²) >= 11 is 0. The normalized spacial score (nSPS) is 19.6. The lowest BCUT2D eigenvalue weighted by Crippen LogP contribution is -2.39. The zero-order valence-corrected chi connectivity index (χ0v) is 12.4. The molecule has 1 aliphatic heterocycles. The maximum atomic E-state index is 11.7. The lowest BCUT2D eigenvalue weighted by atomic mass is 9.99. The second-order valence-electron chi connectivity index (χ2n) is 5.59. The van der Waals surface area contributed by atoms with Gasteiger partial charge in [-0.2, -0.15) is 0 Å². The van der Waals surface area contributed by atoms with Gasteiger partial charge in [-0.1, -0.05) is 6.58 Å². The van der Waals surface area contributed by atoms with Crippen molar-refractivity contribution in [2.75, 3.05) is 24.5 Å². The summed E-state index contributed by atoms with van der Waals surface area (Å²) in [6.07, 6.45) is 5.66. The van der Waals surface area contributed by atoms with E-state index in [-0.39, 0.29) is 5.56 Å². The molecule has 1 unspecified atom stereocenters. The fraction of sp³-hybridized carbons (Fsp3) is 0.400. The number of H-pyrrole nitrogens is 2. The monoisotopic (exact) mass is 300 g/mol. The first-order valence-corrected chi connectivity index (χ1v) is 7.43. The highest BCUT2D eigenvalue weighted by Crippen LogP contribution is 2.19. The molecule has 7 heteroatoms. The van der Waals surface area contributed by atoms with Gasteiger partial charge in [-0.3, -0.25) is 4.79 Å². The standard InChI is InChI=1S/C15H20N6O/c1-10-18-13(14(22)19-10)7-12-4-5-17-15(20-12)21-6-2-3-11(8-16)9-21/h4-5,7,11,18H,1-3,6,8-9,16H2,(H,19,22)/b13-7-. The summed E-state index contributed by atoms with van der Waals surface area (Å²) < 4.78 is 0. The van der Waals surface area contributed by atoms with Crippen molar-refractivity contribution in [1.82, 2.24) is 19.9 Å². The van der Waals surface area contributed by atoms with Crippen LogP contribution in [0.5, 0.6) is 0 Å². The Hall–Kier alpha value is -2.41. The highest BCUT2D eigenvalue weighted by atomic mass is 16.1. The Labute approximate surface area is 127 Å². The largest absolute Gasteiger partial charge is 0.340 e. The number of nitrogens with zero attached hydrogens (tertiary/aromatic N) is 3. The van der Waals surface area contributed by atoms with E-state index in [0.717, 1.165) is 25.9 Å². The Morgan fingerprint density at radius 1 is 1.50 bits per heavy atom. The fourth-order valence-electron chi connectivity index (χ4n) is 2.74. The van der Waals surface area contributed by atoms with Gasteiger partial charge in [0.1, 0.15) is 10.8 Å². The van der Waals surface area contributed by atoms with Crippen LogP contribution in [0.15, 0.2) is 17.1 Å². The van der Waals surface area contributed by atoms with Crippen molar-refractivity contribution in [3.8, 4) is 0 Å². The number of aromatic amines is 2. The molecule has 116 valence electrons. The molecule has 22 heavy (non-hydrogen) atoms. The number of hydrogen-bond donors (Lipinski definition) is 3. The van der Waals surface area contributed by atoms with E-state index in [1.54, 1.807) is 18.3 Å². The molecule has 7 nitrogen and oxygen atoms in total. The molecule has 1 aliphatic rings. The van der Waals surface area contributed by atoms with Crippen LogP contribution in [0, 0.1) is 5.92 Å². The smallest absolute Gasteiger partial charge is 0.273 e. The molecule has 0 bridgehead atoms. The van der Waals surface area contributed by atoms with Crippen LogP contribution < -0.4 is 27.0 Å². The Morgan fingerprint density at radius 3 is 3.09 bits per heavy atom. The molecule has 0 radical (unpaired) electrons. The second-order valence-corrected chi connectivity index (χ2v) is 5.59. The molecule has 2 aromatic heterocycles. The molecule has 0 spiro atoms. The third kappa shape index (κ3) is 3.09. The molecule has 1 fully saturated rings. The summed E-state index contributed by atoms with van der Waals surface area (Å²) in [4.78, 5) is 28.2. The van der Waals surface area contributed by atoms with E-state index in [0.29, 0.717) is 34.9 Å². The van der Waals surface area contributed by atoms with Crippen LogP contribution in [0.25, 0.3) is 12.7 Å². The maximum absolute atomic E-state index is 11.7. The van der Waals surface area contributed by atoms with E-state index in [1.807, 2.05) is 0 Å². The van der Waals surface area contributed by atoms with E-state index < -0.39 is 0 Å². The van der Waals surface area contributed by atoms with Crippen LogP contribution >= 0.6 is 0 Å². The molecule has 0 aliphatic carbocycles. The third-order valence-electron chi connectivity index (χ3n) is 3.89. The molecular formula is C15H20N6O. The average molecular weight is 300 g/mol. The molecule has 0 saturated carbocycles. The lowest BCUT2D eigenvalue weighted by molar-refractivity contribution is 0.419. The van der Waals surface area contributed by atoms with Gasteiger partial charge in [0.15, 0.2) is 0 Å². The maximum Gasteiger partial charge on any atom is 0.273 e. The van der Waals surface area contributed by atoms with Gasteiger partial charge in [0.05, 0.1) is 5.69 Å². The van der Waals surface area contributed by atoms with Crippen LogP contribution in [0.4, 0.5) is 5.95 Å². The number of nitrogens with one attached hydrogen (secondary N) is 2. The summed E-state index contributed by atoms with van der Waals surface area (Å²) in [6.45, 7) is 6.17. The molecule has 1 saturated heterocycles. The predicted octanol–water partition coefficient (Wildman–Crippen LogP) is -1.09. The number of hydrogen-bond acceptors (Lipinski definition) is 5. The average Bonchev–Trinajstić information content (AvgIpc) is 2.85. The highest BCUT2D eigenvalue weighted by Gasteiger charge is 2.20. The Balaban J connectivity index is 1.90. The topological polar surface area (TPSA) is 104 Å². The first-order valence-electron chi connectivity index (χ1n) is 7.43. The van der Waals surface area contributed by atoms with Crippen LogP contribution in [-0.4, -0.2) is 39.6 Å². The second kappa shape index (κ2) is 6.15. The van der Waals surface area contributed by atoms with Crippen molar-refractivity contribution < 1.29 is 0 Å². The molecule has 3 heterocycles. The first kappa shape index (κ1) is 14.5. The van der Waals surface area contributed by atoms with Crippen molar-refractivity contribution in [2.45, 2.75) is 12.8 Å². The van der Waals surface area contributed by atoms with Crippen LogP contribution in [0.1, 0.15) is 18.5 Å². The van der Waals surface area contributed by atoms with Gasteiger partial charge >= 0.3 is 0 Å². The van der Waals surface area contributed by atoms with Gasteiger partial charge in [0.2, 0.25) is 5.95 Å². The SMILES string of the molecule is C=c1[nH]c(=O)/c(=C/c2ccnc(N3CCCC(CN)C3)n2)[nH]1. The van der Waals surface area contributed by atoms with Gasteiger partial charge in [0, 0.05) is 19.3 Å². The fourth-order valence-corrected chi connectivity index (χ4v) is 2.74. The van der Waals surface area contributed by atoms with Crippen molar-refractivity contribution >= 4 is 18.6 Å². The number of rotatable bonds is 3. The number of piperidine rings is 1. The zero-order valence-electron chi connectivity index (χ0n) is 12.4. The first-order chi connectivity index (χ1) is 10.7. The molecule has 0 aromatic carbocycles. The minimum Gasteiger partial charge on any atom is -0.340 e. The molecular weight excluding hydrogens is 280 g/mol. The van der Waals surface area contributed by atoms with E-state index >= 15 is 0 Å². The Kier molecular flexibility index (Phi) is 4.06. The minimum absolute atomic E-state index is 0.202. The van der Waals surface area contributed by atoms with E-state index in [1.165, 1.54) is 0 Å². The predicted molar refractivity (Wildman–Crippen MR) is 85.8 cm³/mol. The number of nitrogens with two attached hydrogens (primary N) is 1. The van der Waals surface area contributed by atoms with Crippen LogP contribution in [0.3, 0.4) is 0 Å². The van der Waals surface area contributed by atoms with Gasteiger partial charge < -0.3 is 20.6 Å². The van der Waals surface area contributed by atoms with Gasteiger partial charge in [0.25, 0.3) is 5.56 Å². The minimum atomic E-state index is -0.202. The van der Waals surface area contributed by atoms with Crippen LogP contribution in [0.2, 0.25) is 0 Å². The van der Waals surface area contributed by atoms with Crippen molar-refractivity contribution in [3.63, 3.8) is 0 Å². The quantitative estimate of drug-likeness (QED) is 0.668. The molecule has 0 amide bonds. The number of imidazole rings is 1. The number of anilines is 1. The van der Waals surface area contributed by atoms with Crippen molar-refractivity contribution in [1.29, 1.82) is 0 Å². The molecule has 2 aromatic rings. The van der Waals surface area contributed by atoms with E-state index in [9.17, 15) is 4.79 Å². The van der Waals surface area contributed by atoms with Gasteiger partial charge in [-0.05, 0) is 37.4 Å². The summed E-state index contributed by atoms with van der Waals surface area (Å²) in [6, 6.07) is 1.77. The van der Waals surface area contributed by atoms with Gasteiger partial charge in [-0.25, -0.2) is 9.97 Å². The Bertz CT molecular complexity index is 808. The summed E-state index contributed by atoms with van der Waals surface area (Å²) in [5, 5.41) is 0.438. The number of aromatic nitrogens is 4. The summed E-state index contributed by atoms with van der Waals surface area (Å²) in [7, 11) is 0. The summed E-state index contributed by atoms with van der Waals surface area (Å²) in [5.41, 5.74) is 6.74. The van der Waals surface area contributed by atoms with Crippen LogP contribution in [-0.2, 0) is 0 Å². The van der Waals surface area contributed by atoms with E-state index in [4.69, 9.17) is 5.73 Å². The lowest BCUT2D eigenvalue weighted by Gasteiger charge is -2.32. The van der Waals surface area contributed by atoms with Crippen molar-refractivity contribution in [3.05, 3.63) is 39.1 Å².